The van der Waals surface area contributed by atoms with Gasteiger partial charge in [0.2, 0.25) is 0 Å². The highest BCUT2D eigenvalue weighted by molar-refractivity contribution is 7.07. The van der Waals surface area contributed by atoms with Crippen molar-refractivity contribution >= 4 is 40.7 Å². The van der Waals surface area contributed by atoms with Crippen LogP contribution in [0.5, 0.6) is 11.5 Å². The van der Waals surface area contributed by atoms with Gasteiger partial charge in [-0.05, 0) is 41.5 Å². The summed E-state index contributed by atoms with van der Waals surface area (Å²) in [5.41, 5.74) is 6.86. The van der Waals surface area contributed by atoms with Gasteiger partial charge in [0.1, 0.15) is 22.0 Å². The van der Waals surface area contributed by atoms with Crippen molar-refractivity contribution in [2.45, 2.75) is 5.92 Å². The van der Waals surface area contributed by atoms with Crippen LogP contribution in [0.2, 0.25) is 0 Å². The van der Waals surface area contributed by atoms with Crippen molar-refractivity contribution in [1.29, 1.82) is 0 Å². The summed E-state index contributed by atoms with van der Waals surface area (Å²) in [7, 11) is 2.37. The molecule has 1 aliphatic rings. The van der Waals surface area contributed by atoms with Crippen LogP contribution in [0.3, 0.4) is 0 Å². The van der Waals surface area contributed by atoms with E-state index in [4.69, 9.17) is 15.2 Å². The average Bonchev–Trinajstić information content (AvgIpc) is 3.15. The first-order chi connectivity index (χ1) is 16.3. The van der Waals surface area contributed by atoms with Gasteiger partial charge in [0.15, 0.2) is 0 Å². The van der Waals surface area contributed by atoms with E-state index in [0.717, 1.165) is 15.9 Å². The van der Waals surface area contributed by atoms with Crippen LogP contribution >= 0.6 is 11.3 Å². The van der Waals surface area contributed by atoms with Gasteiger partial charge in [0.25, 0.3) is 5.56 Å². The fourth-order valence-corrected chi connectivity index (χ4v) is 4.95. The van der Waals surface area contributed by atoms with E-state index in [1.165, 1.54) is 38.5 Å². The van der Waals surface area contributed by atoms with E-state index in [1.807, 2.05) is 0 Å². The Morgan fingerprint density at radius 2 is 1.47 bits per heavy atom. The summed E-state index contributed by atoms with van der Waals surface area (Å²) < 4.78 is 11.5. The maximum absolute atomic E-state index is 13.3. The van der Waals surface area contributed by atoms with Crippen LogP contribution < -0.4 is 20.5 Å². The number of carbonyl (C=O) groups is 2. The zero-order chi connectivity index (χ0) is 24.6. The molecule has 0 saturated carbocycles. The lowest BCUT2D eigenvalue weighted by Gasteiger charge is -2.26. The molecule has 2 heterocycles. The summed E-state index contributed by atoms with van der Waals surface area (Å²) in [6.45, 7) is 0. The Morgan fingerprint density at radius 1 is 0.941 bits per heavy atom. The van der Waals surface area contributed by atoms with Crippen molar-refractivity contribution in [2.75, 3.05) is 14.2 Å². The molecule has 4 rings (SSSR count). The first kappa shape index (κ1) is 22.9. The van der Waals surface area contributed by atoms with Crippen LogP contribution in [-0.4, -0.2) is 40.9 Å². The second-order valence-corrected chi connectivity index (χ2v) is 8.40. The number of fused-ring (bicyclic) bond motifs is 1. The van der Waals surface area contributed by atoms with Crippen molar-refractivity contribution in [3.63, 3.8) is 0 Å². The molecule has 1 atom stereocenters. The van der Waals surface area contributed by atoms with E-state index in [-0.39, 0.29) is 37.7 Å². The second-order valence-electron chi connectivity index (χ2n) is 7.37. The van der Waals surface area contributed by atoms with Crippen LogP contribution in [0.1, 0.15) is 17.0 Å². The van der Waals surface area contributed by atoms with Gasteiger partial charge in [-0.3, -0.25) is 9.36 Å². The van der Waals surface area contributed by atoms with E-state index in [2.05, 4.69) is 0 Å². The second kappa shape index (κ2) is 8.91. The van der Waals surface area contributed by atoms with Gasteiger partial charge in [-0.15, -0.1) is 11.3 Å². The quantitative estimate of drug-likeness (QED) is 0.461. The number of methoxy groups -OCH3 is 2. The minimum atomic E-state index is -1.000. The lowest BCUT2D eigenvalue weighted by Crippen LogP contribution is -2.41. The number of phenols is 2. The van der Waals surface area contributed by atoms with Crippen LogP contribution in [0, 0.1) is 0 Å². The number of aromatic nitrogens is 1. The molecule has 0 amide bonds. The summed E-state index contributed by atoms with van der Waals surface area (Å²) in [5, 5.41) is 19.2. The monoisotopic (exact) mass is 480 g/mol. The molecular formula is C24H20N2O7S. The van der Waals surface area contributed by atoms with E-state index >= 15 is 0 Å². The number of nitrogens with zero attached hydrogens (tertiary/aromatic N) is 1. The predicted octanol–water partition coefficient (Wildman–Crippen LogP) is 0.571. The van der Waals surface area contributed by atoms with Crippen molar-refractivity contribution in [2.24, 2.45) is 5.73 Å². The smallest absolute Gasteiger partial charge is 0.338 e. The summed E-state index contributed by atoms with van der Waals surface area (Å²) in [6.07, 6.45) is 1.59. The molecule has 3 aromatic rings. The summed E-state index contributed by atoms with van der Waals surface area (Å²) in [4.78, 5) is 39.1. The normalized spacial score (nSPS) is 15.8. The molecule has 4 N–H and O–H groups in total. The highest BCUT2D eigenvalue weighted by Crippen LogP contribution is 2.38. The molecule has 10 heteroatoms. The van der Waals surface area contributed by atoms with Crippen LogP contribution in [0.25, 0.3) is 17.5 Å². The van der Waals surface area contributed by atoms with Crippen LogP contribution in [0.4, 0.5) is 0 Å². The molecule has 174 valence electrons. The van der Waals surface area contributed by atoms with Crippen molar-refractivity contribution in [1.82, 2.24) is 4.57 Å². The predicted molar refractivity (Wildman–Crippen MR) is 125 cm³/mol. The van der Waals surface area contributed by atoms with Gasteiger partial charge in [-0.25, -0.2) is 9.59 Å². The minimum Gasteiger partial charge on any atom is -0.508 e. The SMILES string of the molecule is COC(=O)C1=C(N)n2c(s/c(=C/c3ccc(O)cc3)c2=O)=C(C(=O)OC)[C@@H]1c1ccc(O)cc1. The number of aromatic hydroxyl groups is 2. The number of nitrogens with two attached hydrogens (primary N) is 1. The van der Waals surface area contributed by atoms with Gasteiger partial charge in [-0.2, -0.15) is 0 Å². The number of hydrogen-bond acceptors (Lipinski definition) is 9. The Morgan fingerprint density at radius 3 is 2.03 bits per heavy atom. The number of ether oxygens (including phenoxy) is 2. The van der Waals surface area contributed by atoms with Gasteiger partial charge in [0.05, 0.1) is 35.8 Å². The van der Waals surface area contributed by atoms with Crippen LogP contribution in [0.15, 0.2) is 58.9 Å². The Labute approximate surface area is 196 Å². The number of phenolic OH excluding ortho intramolecular Hbond substituents is 2. The zero-order valence-corrected chi connectivity index (χ0v) is 19.0. The molecule has 34 heavy (non-hydrogen) atoms. The molecule has 2 aromatic carbocycles. The Balaban J connectivity index is 2.11. The number of esters is 2. The molecule has 0 saturated heterocycles. The number of benzene rings is 2. The van der Waals surface area contributed by atoms with Gasteiger partial charge < -0.3 is 25.4 Å². The number of rotatable bonds is 4. The third-order valence-corrected chi connectivity index (χ3v) is 6.48. The first-order valence-electron chi connectivity index (χ1n) is 9.99. The summed E-state index contributed by atoms with van der Waals surface area (Å²) in [5.74, 6) is -2.66. The highest BCUT2D eigenvalue weighted by atomic mass is 32.1. The Bertz CT molecular complexity index is 1500. The Hall–Kier alpha value is -4.31. The van der Waals surface area contributed by atoms with Crippen molar-refractivity contribution in [3.05, 3.63) is 84.8 Å². The molecule has 9 nitrogen and oxygen atoms in total. The molecular weight excluding hydrogens is 460 g/mol. The number of thiazole rings is 1. The first-order valence-corrected chi connectivity index (χ1v) is 10.8. The zero-order valence-electron chi connectivity index (χ0n) is 18.1. The number of carbonyl (C=O) groups excluding carboxylic acids is 2. The average molecular weight is 480 g/mol. The topological polar surface area (TPSA) is 141 Å². The third kappa shape index (κ3) is 3.84. The van der Waals surface area contributed by atoms with Crippen LogP contribution in [-0.2, 0) is 19.1 Å². The van der Waals surface area contributed by atoms with E-state index < -0.39 is 23.4 Å². The summed E-state index contributed by atoms with van der Waals surface area (Å²) >= 11 is 1.02. The van der Waals surface area contributed by atoms with E-state index in [1.54, 1.807) is 30.3 Å². The van der Waals surface area contributed by atoms with Gasteiger partial charge in [-0.1, -0.05) is 24.3 Å². The lowest BCUT2D eigenvalue weighted by atomic mass is 9.83. The molecule has 0 bridgehead atoms. The molecule has 0 unspecified atom stereocenters. The van der Waals surface area contributed by atoms with Gasteiger partial charge in [0, 0.05) is 0 Å². The van der Waals surface area contributed by atoms with E-state index in [9.17, 15) is 24.6 Å². The molecule has 0 radical (unpaired) electrons. The number of hydrogen-bond donors (Lipinski definition) is 3. The molecule has 0 spiro atoms. The minimum absolute atomic E-state index is 0.00503. The van der Waals surface area contributed by atoms with Crippen molar-refractivity contribution in [3.8, 4) is 11.5 Å². The molecule has 1 aliphatic heterocycles. The summed E-state index contributed by atoms with van der Waals surface area (Å²) in [6, 6.07) is 12.1. The standard InChI is InChI=1S/C24H20N2O7S/c1-32-23(30)18-17(13-5-9-15(28)10-6-13)19(24(31)33-2)22-26(20(18)25)21(29)16(34-22)11-12-3-7-14(27)8-4-12/h3-11,17,27-28H,25H2,1-2H3/b16-11+/t17-/m1/s1. The molecule has 1 aromatic heterocycles. The lowest BCUT2D eigenvalue weighted by molar-refractivity contribution is -0.136. The van der Waals surface area contributed by atoms with Gasteiger partial charge >= 0.3 is 11.9 Å². The largest absolute Gasteiger partial charge is 0.508 e. The molecule has 0 aliphatic carbocycles. The fourth-order valence-electron chi connectivity index (χ4n) is 3.79. The maximum Gasteiger partial charge on any atom is 0.338 e. The van der Waals surface area contributed by atoms with E-state index in [0.29, 0.717) is 11.1 Å². The molecule has 0 fully saturated rings. The highest BCUT2D eigenvalue weighted by Gasteiger charge is 2.39. The van der Waals surface area contributed by atoms with Crippen molar-refractivity contribution < 1.29 is 29.3 Å². The fraction of sp³-hybridized carbons (Fsp3) is 0.125. The Kier molecular flexibility index (Phi) is 5.99. The maximum atomic E-state index is 13.3. The third-order valence-electron chi connectivity index (χ3n) is 5.38.